The van der Waals surface area contributed by atoms with E-state index >= 15 is 0 Å². The molecule has 2 aliphatic heterocycles. The molecular weight excluding hydrogens is 286 g/mol. The van der Waals surface area contributed by atoms with E-state index in [-0.39, 0.29) is 16.9 Å². The van der Waals surface area contributed by atoms with Gasteiger partial charge in [-0.1, -0.05) is 51.1 Å². The molecule has 2 fully saturated rings. The molecular formula is C20H29NO2. The van der Waals surface area contributed by atoms with Crippen LogP contribution in [0, 0.1) is 5.41 Å². The van der Waals surface area contributed by atoms with Gasteiger partial charge in [0.2, 0.25) is 5.91 Å². The summed E-state index contributed by atoms with van der Waals surface area (Å²) in [5.41, 5.74) is 1.81. The van der Waals surface area contributed by atoms with E-state index in [1.165, 1.54) is 5.56 Å². The second kappa shape index (κ2) is 6.27. The van der Waals surface area contributed by atoms with E-state index in [0.717, 1.165) is 39.0 Å². The van der Waals surface area contributed by atoms with Crippen molar-refractivity contribution in [1.82, 2.24) is 4.90 Å². The molecule has 1 unspecified atom stereocenters. The molecule has 3 heteroatoms. The first kappa shape index (κ1) is 16.5. The standard InChI is InChI=1S/C20H29NO2/c1-4-20(16-8-6-5-7-9-16)13-21(14-20)18(22)11-10-17-12-19(2,3)15-23-17/h5-9,17H,4,10-15H2,1-3H3. The Morgan fingerprint density at radius 3 is 2.52 bits per heavy atom. The number of likely N-dealkylation sites (tertiary alicyclic amines) is 1. The van der Waals surface area contributed by atoms with E-state index in [1.54, 1.807) is 0 Å². The van der Waals surface area contributed by atoms with Crippen molar-refractivity contribution in [3.05, 3.63) is 35.9 Å². The summed E-state index contributed by atoms with van der Waals surface area (Å²) in [5, 5.41) is 0. The Bertz CT molecular complexity index is 546. The zero-order valence-electron chi connectivity index (χ0n) is 14.7. The zero-order valence-corrected chi connectivity index (χ0v) is 14.7. The van der Waals surface area contributed by atoms with Crippen molar-refractivity contribution in [1.29, 1.82) is 0 Å². The van der Waals surface area contributed by atoms with Crippen molar-refractivity contribution < 1.29 is 9.53 Å². The average molecular weight is 315 g/mol. The molecule has 3 rings (SSSR count). The Kier molecular flexibility index (Phi) is 4.50. The van der Waals surface area contributed by atoms with Gasteiger partial charge in [0.05, 0.1) is 12.7 Å². The number of carbonyl (C=O) groups excluding carboxylic acids is 1. The van der Waals surface area contributed by atoms with E-state index in [0.29, 0.717) is 12.3 Å². The van der Waals surface area contributed by atoms with Gasteiger partial charge in [-0.05, 0) is 30.2 Å². The Labute approximate surface area is 140 Å². The highest BCUT2D eigenvalue weighted by Gasteiger charge is 2.44. The van der Waals surface area contributed by atoms with Gasteiger partial charge in [0, 0.05) is 24.9 Å². The molecule has 126 valence electrons. The largest absolute Gasteiger partial charge is 0.378 e. The summed E-state index contributed by atoms with van der Waals surface area (Å²) in [6.45, 7) is 9.25. The number of carbonyl (C=O) groups is 1. The summed E-state index contributed by atoms with van der Waals surface area (Å²) in [4.78, 5) is 14.5. The van der Waals surface area contributed by atoms with E-state index in [1.807, 2.05) is 4.90 Å². The number of amides is 1. The fourth-order valence-electron chi connectivity index (χ4n) is 3.97. The van der Waals surface area contributed by atoms with Crippen LogP contribution in [0.3, 0.4) is 0 Å². The van der Waals surface area contributed by atoms with Gasteiger partial charge in [-0.15, -0.1) is 0 Å². The van der Waals surface area contributed by atoms with Gasteiger partial charge in [-0.2, -0.15) is 0 Å². The van der Waals surface area contributed by atoms with Crippen LogP contribution >= 0.6 is 0 Å². The molecule has 1 aromatic carbocycles. The Hall–Kier alpha value is -1.35. The SMILES string of the molecule is CCC1(c2ccccc2)CN(C(=O)CCC2CC(C)(C)CO2)C1. The van der Waals surface area contributed by atoms with Crippen molar-refractivity contribution in [3.63, 3.8) is 0 Å². The molecule has 0 aliphatic carbocycles. The fraction of sp³-hybridized carbons (Fsp3) is 0.650. The first-order chi connectivity index (χ1) is 10.9. The summed E-state index contributed by atoms with van der Waals surface area (Å²) >= 11 is 0. The van der Waals surface area contributed by atoms with Crippen LogP contribution in [0.5, 0.6) is 0 Å². The van der Waals surface area contributed by atoms with Gasteiger partial charge in [0.1, 0.15) is 0 Å². The van der Waals surface area contributed by atoms with Crippen LogP contribution in [0.4, 0.5) is 0 Å². The van der Waals surface area contributed by atoms with E-state index < -0.39 is 0 Å². The van der Waals surface area contributed by atoms with E-state index in [2.05, 4.69) is 51.1 Å². The van der Waals surface area contributed by atoms with Gasteiger partial charge >= 0.3 is 0 Å². The van der Waals surface area contributed by atoms with E-state index in [4.69, 9.17) is 4.74 Å². The molecule has 1 aromatic rings. The molecule has 0 N–H and O–H groups in total. The summed E-state index contributed by atoms with van der Waals surface area (Å²) < 4.78 is 5.81. The number of rotatable bonds is 5. The Morgan fingerprint density at radius 1 is 1.26 bits per heavy atom. The molecule has 0 bridgehead atoms. The minimum atomic E-state index is 0.169. The lowest BCUT2D eigenvalue weighted by Gasteiger charge is -2.50. The minimum absolute atomic E-state index is 0.169. The van der Waals surface area contributed by atoms with Crippen LogP contribution < -0.4 is 0 Å². The topological polar surface area (TPSA) is 29.5 Å². The summed E-state index contributed by atoms with van der Waals surface area (Å²) in [7, 11) is 0. The lowest BCUT2D eigenvalue weighted by molar-refractivity contribution is -0.139. The van der Waals surface area contributed by atoms with Crippen LogP contribution in [0.2, 0.25) is 0 Å². The molecule has 3 nitrogen and oxygen atoms in total. The molecule has 2 heterocycles. The molecule has 2 aliphatic rings. The maximum Gasteiger partial charge on any atom is 0.222 e. The summed E-state index contributed by atoms with van der Waals surface area (Å²) in [6.07, 6.45) is 3.91. The van der Waals surface area contributed by atoms with Crippen LogP contribution in [0.25, 0.3) is 0 Å². The molecule has 23 heavy (non-hydrogen) atoms. The molecule has 0 spiro atoms. The third kappa shape index (κ3) is 3.45. The number of benzene rings is 1. The first-order valence-corrected chi connectivity index (χ1v) is 8.89. The summed E-state index contributed by atoms with van der Waals surface area (Å²) in [5.74, 6) is 0.290. The molecule has 0 saturated carbocycles. The van der Waals surface area contributed by atoms with Crippen molar-refractivity contribution in [2.75, 3.05) is 19.7 Å². The number of ether oxygens (including phenoxy) is 1. The predicted octanol–water partition coefficient (Wildman–Crippen LogP) is 3.77. The lowest BCUT2D eigenvalue weighted by atomic mass is 9.71. The highest BCUT2D eigenvalue weighted by Crippen LogP contribution is 2.38. The lowest BCUT2D eigenvalue weighted by Crippen LogP contribution is -2.60. The van der Waals surface area contributed by atoms with Crippen LogP contribution in [0.1, 0.15) is 52.0 Å². The second-order valence-electron chi connectivity index (χ2n) is 8.09. The maximum atomic E-state index is 12.4. The predicted molar refractivity (Wildman–Crippen MR) is 92.4 cm³/mol. The van der Waals surface area contributed by atoms with Gasteiger partial charge in [-0.3, -0.25) is 4.79 Å². The first-order valence-electron chi connectivity index (χ1n) is 8.89. The third-order valence-corrected chi connectivity index (χ3v) is 5.57. The highest BCUT2D eigenvalue weighted by atomic mass is 16.5. The zero-order chi connectivity index (χ0) is 16.5. The molecule has 0 radical (unpaired) electrons. The molecule has 2 saturated heterocycles. The monoisotopic (exact) mass is 315 g/mol. The van der Waals surface area contributed by atoms with Gasteiger partial charge in [-0.25, -0.2) is 0 Å². The van der Waals surface area contributed by atoms with Gasteiger partial charge in [0.15, 0.2) is 0 Å². The normalized spacial score (nSPS) is 25.2. The second-order valence-corrected chi connectivity index (χ2v) is 8.09. The number of hydrogen-bond acceptors (Lipinski definition) is 2. The third-order valence-electron chi connectivity index (χ3n) is 5.57. The van der Waals surface area contributed by atoms with Crippen molar-refractivity contribution >= 4 is 5.91 Å². The summed E-state index contributed by atoms with van der Waals surface area (Å²) in [6, 6.07) is 10.6. The number of nitrogens with zero attached hydrogens (tertiary/aromatic N) is 1. The quantitative estimate of drug-likeness (QED) is 0.828. The van der Waals surface area contributed by atoms with Crippen molar-refractivity contribution in [2.24, 2.45) is 5.41 Å². The molecule has 1 amide bonds. The minimum Gasteiger partial charge on any atom is -0.378 e. The van der Waals surface area contributed by atoms with E-state index in [9.17, 15) is 4.79 Å². The van der Waals surface area contributed by atoms with Gasteiger partial charge < -0.3 is 9.64 Å². The Balaban J connectivity index is 1.50. The molecule has 0 aromatic heterocycles. The van der Waals surface area contributed by atoms with Crippen LogP contribution in [-0.2, 0) is 14.9 Å². The average Bonchev–Trinajstić information content (AvgIpc) is 2.85. The molecule has 1 atom stereocenters. The van der Waals surface area contributed by atoms with Gasteiger partial charge in [0.25, 0.3) is 0 Å². The van der Waals surface area contributed by atoms with Crippen LogP contribution in [0.15, 0.2) is 30.3 Å². The highest BCUT2D eigenvalue weighted by molar-refractivity contribution is 5.77. The van der Waals surface area contributed by atoms with Crippen molar-refractivity contribution in [3.8, 4) is 0 Å². The fourth-order valence-corrected chi connectivity index (χ4v) is 3.97. The van der Waals surface area contributed by atoms with Crippen LogP contribution in [-0.4, -0.2) is 36.6 Å². The van der Waals surface area contributed by atoms with Crippen molar-refractivity contribution in [2.45, 2.75) is 58.0 Å². The maximum absolute atomic E-state index is 12.4. The Morgan fingerprint density at radius 2 is 1.96 bits per heavy atom. The smallest absolute Gasteiger partial charge is 0.222 e. The number of hydrogen-bond donors (Lipinski definition) is 0.